The first-order valence-electron chi connectivity index (χ1n) is 5.72. The summed E-state index contributed by atoms with van der Waals surface area (Å²) < 4.78 is 5.06. The normalized spacial score (nSPS) is 11.5. The van der Waals surface area contributed by atoms with Crippen molar-refractivity contribution in [3.8, 4) is 0 Å². The van der Waals surface area contributed by atoms with Crippen LogP contribution in [0.25, 0.3) is 6.08 Å². The Morgan fingerprint density at radius 3 is 2.68 bits per heavy atom. The Morgan fingerprint density at radius 2 is 2.11 bits per heavy atom. The number of carboxylic acid groups (broad SMARTS) is 1. The van der Waals surface area contributed by atoms with Gasteiger partial charge in [0.2, 0.25) is 0 Å². The number of carbonyl (C=O) groups is 2. The summed E-state index contributed by atoms with van der Waals surface area (Å²) in [6.45, 7) is 5.64. The molecule has 0 saturated heterocycles. The number of hydrogen-bond donors (Lipinski definition) is 2. The quantitative estimate of drug-likeness (QED) is 0.890. The van der Waals surface area contributed by atoms with Gasteiger partial charge in [0.15, 0.2) is 0 Å². The van der Waals surface area contributed by atoms with Crippen LogP contribution in [0.2, 0.25) is 0 Å². The van der Waals surface area contributed by atoms with E-state index in [9.17, 15) is 9.59 Å². The van der Waals surface area contributed by atoms with E-state index in [1.165, 1.54) is 11.3 Å². The fourth-order valence-electron chi connectivity index (χ4n) is 1.25. The molecule has 1 aromatic rings. The molecule has 0 atom stereocenters. The highest BCUT2D eigenvalue weighted by Gasteiger charge is 2.15. The van der Waals surface area contributed by atoms with Crippen molar-refractivity contribution in [1.82, 2.24) is 5.32 Å². The van der Waals surface area contributed by atoms with Crippen LogP contribution in [0.3, 0.4) is 0 Å². The summed E-state index contributed by atoms with van der Waals surface area (Å²) in [6, 6.07) is 0. The highest BCUT2D eigenvalue weighted by atomic mass is 32.1. The lowest BCUT2D eigenvalue weighted by Crippen LogP contribution is -2.32. The number of ether oxygens (including phenoxy) is 1. The number of carboxylic acids is 1. The van der Waals surface area contributed by atoms with Gasteiger partial charge in [0.05, 0.1) is 5.56 Å². The molecule has 0 bridgehead atoms. The SMILES string of the molecule is CC(C)(C)OC(=O)NCC=Cc1cscc1C(=O)O. The van der Waals surface area contributed by atoms with E-state index in [0.717, 1.165) is 0 Å². The summed E-state index contributed by atoms with van der Waals surface area (Å²) in [5, 5.41) is 14.8. The van der Waals surface area contributed by atoms with Crippen molar-refractivity contribution < 1.29 is 19.4 Å². The van der Waals surface area contributed by atoms with Gasteiger partial charge in [-0.2, -0.15) is 11.3 Å². The van der Waals surface area contributed by atoms with Crippen LogP contribution >= 0.6 is 11.3 Å². The Labute approximate surface area is 115 Å². The fourth-order valence-corrected chi connectivity index (χ4v) is 2.05. The van der Waals surface area contributed by atoms with E-state index in [0.29, 0.717) is 5.56 Å². The highest BCUT2D eigenvalue weighted by Crippen LogP contribution is 2.16. The summed E-state index contributed by atoms with van der Waals surface area (Å²) in [5.41, 5.74) is 0.361. The molecule has 0 aliphatic heterocycles. The summed E-state index contributed by atoms with van der Waals surface area (Å²) in [6.07, 6.45) is 2.84. The standard InChI is InChI=1S/C13H17NO4S/c1-13(2,3)18-12(17)14-6-4-5-9-7-19-8-10(9)11(15)16/h4-5,7-8H,6H2,1-3H3,(H,14,17)(H,15,16). The van der Waals surface area contributed by atoms with Gasteiger partial charge in [-0.05, 0) is 31.7 Å². The molecule has 0 aliphatic carbocycles. The van der Waals surface area contributed by atoms with Gasteiger partial charge in [-0.1, -0.05) is 12.2 Å². The van der Waals surface area contributed by atoms with E-state index in [1.807, 2.05) is 0 Å². The first kappa shape index (κ1) is 15.2. The number of carbonyl (C=O) groups excluding carboxylic acids is 1. The lowest BCUT2D eigenvalue weighted by atomic mass is 10.2. The average Bonchev–Trinajstić information content (AvgIpc) is 2.70. The van der Waals surface area contributed by atoms with Crippen LogP contribution in [-0.4, -0.2) is 29.3 Å². The van der Waals surface area contributed by atoms with Crippen LogP contribution in [-0.2, 0) is 4.74 Å². The molecule has 0 saturated carbocycles. The zero-order valence-corrected chi connectivity index (χ0v) is 11.9. The van der Waals surface area contributed by atoms with Crippen LogP contribution in [0.4, 0.5) is 4.79 Å². The van der Waals surface area contributed by atoms with E-state index in [4.69, 9.17) is 9.84 Å². The molecule has 5 nitrogen and oxygen atoms in total. The maximum absolute atomic E-state index is 11.3. The Balaban J connectivity index is 2.45. The third-order valence-corrected chi connectivity index (χ3v) is 2.74. The predicted molar refractivity (Wildman–Crippen MR) is 74.5 cm³/mol. The number of hydrogen-bond acceptors (Lipinski definition) is 4. The van der Waals surface area contributed by atoms with Gasteiger partial charge >= 0.3 is 12.1 Å². The smallest absolute Gasteiger partial charge is 0.407 e. The fraction of sp³-hybridized carbons (Fsp3) is 0.385. The molecule has 0 aromatic carbocycles. The van der Waals surface area contributed by atoms with Gasteiger partial charge in [-0.3, -0.25) is 0 Å². The molecule has 1 amide bonds. The summed E-state index contributed by atoms with van der Waals surface area (Å²) in [5.74, 6) is -0.957. The zero-order chi connectivity index (χ0) is 14.5. The second kappa shape index (κ2) is 6.38. The van der Waals surface area contributed by atoms with Gasteiger partial charge in [-0.25, -0.2) is 9.59 Å². The average molecular weight is 283 g/mol. The van der Waals surface area contributed by atoms with Gasteiger partial charge < -0.3 is 15.2 Å². The predicted octanol–water partition coefficient (Wildman–Crippen LogP) is 2.98. The number of aromatic carboxylic acids is 1. The Morgan fingerprint density at radius 1 is 1.42 bits per heavy atom. The first-order valence-corrected chi connectivity index (χ1v) is 6.67. The number of nitrogens with one attached hydrogen (secondary N) is 1. The number of thiophene rings is 1. The van der Waals surface area contributed by atoms with Crippen molar-refractivity contribution in [1.29, 1.82) is 0 Å². The molecule has 19 heavy (non-hydrogen) atoms. The van der Waals surface area contributed by atoms with E-state index in [2.05, 4.69) is 5.32 Å². The van der Waals surface area contributed by atoms with Crippen molar-refractivity contribution >= 4 is 29.5 Å². The molecule has 6 heteroatoms. The zero-order valence-electron chi connectivity index (χ0n) is 11.1. The third kappa shape index (κ3) is 5.56. The molecule has 104 valence electrons. The Kier molecular flexibility index (Phi) is 5.11. The molecule has 1 rings (SSSR count). The molecule has 1 aromatic heterocycles. The van der Waals surface area contributed by atoms with Gasteiger partial charge in [0, 0.05) is 11.9 Å². The van der Waals surface area contributed by atoms with E-state index in [-0.39, 0.29) is 12.1 Å². The molecular formula is C13H17NO4S. The van der Waals surface area contributed by atoms with Gasteiger partial charge in [0.25, 0.3) is 0 Å². The Bertz CT molecular complexity index is 485. The largest absolute Gasteiger partial charge is 0.478 e. The van der Waals surface area contributed by atoms with E-state index < -0.39 is 17.7 Å². The van der Waals surface area contributed by atoms with E-state index in [1.54, 1.807) is 43.7 Å². The minimum absolute atomic E-state index is 0.263. The molecule has 0 spiro atoms. The van der Waals surface area contributed by atoms with Crippen molar-refractivity contribution in [2.75, 3.05) is 6.54 Å². The maximum Gasteiger partial charge on any atom is 0.407 e. The summed E-state index contributed by atoms with van der Waals surface area (Å²) >= 11 is 1.32. The second-order valence-corrected chi connectivity index (χ2v) is 5.57. The minimum atomic E-state index is -0.957. The number of amides is 1. The Hall–Kier alpha value is -1.82. The van der Waals surface area contributed by atoms with Crippen LogP contribution in [0.5, 0.6) is 0 Å². The number of alkyl carbamates (subject to hydrolysis) is 1. The molecule has 0 fully saturated rings. The molecule has 0 radical (unpaired) electrons. The van der Waals surface area contributed by atoms with E-state index >= 15 is 0 Å². The van der Waals surface area contributed by atoms with Crippen LogP contribution in [0.1, 0.15) is 36.7 Å². The van der Waals surface area contributed by atoms with Gasteiger partial charge in [-0.15, -0.1) is 0 Å². The summed E-state index contributed by atoms with van der Waals surface area (Å²) in [4.78, 5) is 22.2. The van der Waals surface area contributed by atoms with Crippen molar-refractivity contribution in [2.24, 2.45) is 0 Å². The maximum atomic E-state index is 11.3. The van der Waals surface area contributed by atoms with Gasteiger partial charge in [0.1, 0.15) is 5.60 Å². The monoisotopic (exact) mass is 283 g/mol. The second-order valence-electron chi connectivity index (χ2n) is 4.83. The van der Waals surface area contributed by atoms with Crippen molar-refractivity contribution in [2.45, 2.75) is 26.4 Å². The lowest BCUT2D eigenvalue weighted by molar-refractivity contribution is 0.0533. The molecule has 0 aliphatic rings. The lowest BCUT2D eigenvalue weighted by Gasteiger charge is -2.19. The molecular weight excluding hydrogens is 266 g/mol. The summed E-state index contributed by atoms with van der Waals surface area (Å²) in [7, 11) is 0. The van der Waals surface area contributed by atoms with Crippen molar-refractivity contribution in [3.05, 3.63) is 28.0 Å². The van der Waals surface area contributed by atoms with Crippen molar-refractivity contribution in [3.63, 3.8) is 0 Å². The molecule has 2 N–H and O–H groups in total. The number of rotatable bonds is 4. The molecule has 0 unspecified atom stereocenters. The van der Waals surface area contributed by atoms with Crippen LogP contribution in [0, 0.1) is 0 Å². The minimum Gasteiger partial charge on any atom is -0.478 e. The van der Waals surface area contributed by atoms with Crippen LogP contribution < -0.4 is 5.32 Å². The highest BCUT2D eigenvalue weighted by molar-refractivity contribution is 7.08. The third-order valence-electron chi connectivity index (χ3n) is 1.98. The van der Waals surface area contributed by atoms with Crippen LogP contribution in [0.15, 0.2) is 16.8 Å². The molecule has 1 heterocycles. The first-order chi connectivity index (χ1) is 8.79. The topological polar surface area (TPSA) is 75.6 Å².